The summed E-state index contributed by atoms with van der Waals surface area (Å²) in [5.41, 5.74) is 3.78. The fourth-order valence-corrected chi connectivity index (χ4v) is 3.12. The van der Waals surface area contributed by atoms with Crippen LogP contribution in [0.5, 0.6) is 5.75 Å². The summed E-state index contributed by atoms with van der Waals surface area (Å²) in [5, 5.41) is 13.7. The molecule has 0 bridgehead atoms. The molecule has 1 aromatic rings. The number of phenolic OH excluding ortho intramolecular Hbond substituents is 1. The quantitative estimate of drug-likeness (QED) is 0.856. The summed E-state index contributed by atoms with van der Waals surface area (Å²) in [4.78, 5) is 2.29. The molecule has 106 valence electrons. The predicted molar refractivity (Wildman–Crippen MR) is 79.8 cm³/mol. The first-order valence-electron chi connectivity index (χ1n) is 7.28. The number of hydrogen-bond acceptors (Lipinski definition) is 3. The number of nitrogens with zero attached hydrogens (tertiary/aromatic N) is 1. The van der Waals surface area contributed by atoms with Crippen LogP contribution in [0.4, 0.5) is 0 Å². The Bertz CT molecular complexity index is 445. The first-order chi connectivity index (χ1) is 9.04. The topological polar surface area (TPSA) is 35.5 Å². The van der Waals surface area contributed by atoms with E-state index in [1.165, 1.54) is 11.1 Å². The first-order valence-corrected chi connectivity index (χ1v) is 7.28. The van der Waals surface area contributed by atoms with Crippen LogP contribution in [0.1, 0.15) is 48.9 Å². The third kappa shape index (κ3) is 2.93. The van der Waals surface area contributed by atoms with Crippen molar-refractivity contribution in [2.24, 2.45) is 0 Å². The molecule has 0 saturated carbocycles. The normalized spacial score (nSPS) is 21.9. The maximum absolute atomic E-state index is 10.1. The van der Waals surface area contributed by atoms with Gasteiger partial charge in [0.1, 0.15) is 5.75 Å². The molecule has 2 atom stereocenters. The Kier molecular flexibility index (Phi) is 4.48. The molecule has 0 amide bonds. The average Bonchev–Trinajstić information content (AvgIpc) is 2.72. The van der Waals surface area contributed by atoms with E-state index in [0.29, 0.717) is 17.7 Å². The van der Waals surface area contributed by atoms with Gasteiger partial charge in [0.05, 0.1) is 0 Å². The van der Waals surface area contributed by atoms with Gasteiger partial charge >= 0.3 is 0 Å². The van der Waals surface area contributed by atoms with Crippen molar-refractivity contribution in [2.45, 2.75) is 39.2 Å². The van der Waals surface area contributed by atoms with Crippen molar-refractivity contribution >= 4 is 0 Å². The lowest BCUT2D eigenvalue weighted by Gasteiger charge is -2.19. The number of fused-ring (bicyclic) bond motifs is 1. The van der Waals surface area contributed by atoms with E-state index in [2.05, 4.69) is 38.0 Å². The fourth-order valence-electron chi connectivity index (χ4n) is 3.12. The molecule has 1 aliphatic carbocycles. The van der Waals surface area contributed by atoms with Gasteiger partial charge in [-0.05, 0) is 50.0 Å². The third-order valence-corrected chi connectivity index (χ3v) is 4.34. The van der Waals surface area contributed by atoms with E-state index in [4.69, 9.17) is 0 Å². The van der Waals surface area contributed by atoms with Crippen LogP contribution in [0.2, 0.25) is 0 Å². The fraction of sp³-hybridized carbons (Fsp3) is 0.625. The molecule has 0 aliphatic heterocycles. The van der Waals surface area contributed by atoms with Gasteiger partial charge < -0.3 is 15.3 Å². The minimum Gasteiger partial charge on any atom is -0.508 e. The van der Waals surface area contributed by atoms with Crippen molar-refractivity contribution in [1.29, 1.82) is 0 Å². The van der Waals surface area contributed by atoms with Gasteiger partial charge in [0, 0.05) is 24.7 Å². The van der Waals surface area contributed by atoms with E-state index in [1.54, 1.807) is 0 Å². The number of benzene rings is 1. The Balaban J connectivity index is 2.09. The lowest BCUT2D eigenvalue weighted by Crippen LogP contribution is -2.30. The van der Waals surface area contributed by atoms with Gasteiger partial charge in [0.2, 0.25) is 0 Å². The largest absolute Gasteiger partial charge is 0.508 e. The van der Waals surface area contributed by atoms with Crippen molar-refractivity contribution in [3.63, 3.8) is 0 Å². The molecule has 2 unspecified atom stereocenters. The van der Waals surface area contributed by atoms with Crippen LogP contribution in [0.3, 0.4) is 0 Å². The van der Waals surface area contributed by atoms with Gasteiger partial charge in [-0.2, -0.15) is 0 Å². The van der Waals surface area contributed by atoms with Crippen LogP contribution < -0.4 is 5.32 Å². The highest BCUT2D eigenvalue weighted by atomic mass is 16.3. The molecule has 2 rings (SSSR count). The molecule has 3 heteroatoms. The molecule has 1 aliphatic rings. The van der Waals surface area contributed by atoms with E-state index >= 15 is 0 Å². The number of rotatable bonds is 5. The zero-order chi connectivity index (χ0) is 14.0. The zero-order valence-corrected chi connectivity index (χ0v) is 12.5. The highest BCUT2D eigenvalue weighted by Gasteiger charge is 2.31. The molecule has 1 aromatic carbocycles. The molecule has 0 heterocycles. The maximum Gasteiger partial charge on any atom is 0.120 e. The van der Waals surface area contributed by atoms with Crippen molar-refractivity contribution in [3.8, 4) is 5.75 Å². The maximum atomic E-state index is 10.1. The van der Waals surface area contributed by atoms with Crippen LogP contribution in [0.15, 0.2) is 12.1 Å². The summed E-state index contributed by atoms with van der Waals surface area (Å²) < 4.78 is 0. The van der Waals surface area contributed by atoms with Crippen molar-refractivity contribution in [1.82, 2.24) is 10.2 Å². The van der Waals surface area contributed by atoms with Crippen LogP contribution in [0, 0.1) is 6.92 Å². The molecule has 0 saturated heterocycles. The van der Waals surface area contributed by atoms with Crippen LogP contribution >= 0.6 is 0 Å². The number of aromatic hydroxyl groups is 1. The Morgan fingerprint density at radius 2 is 2.11 bits per heavy atom. The monoisotopic (exact) mass is 262 g/mol. The van der Waals surface area contributed by atoms with Crippen molar-refractivity contribution in [2.75, 3.05) is 26.7 Å². The van der Waals surface area contributed by atoms with Gasteiger partial charge in [-0.25, -0.2) is 0 Å². The lowest BCUT2D eigenvalue weighted by atomic mass is 9.97. The number of phenols is 1. The Hall–Kier alpha value is -1.06. The molecule has 0 fully saturated rings. The molecule has 3 nitrogen and oxygen atoms in total. The molecule has 19 heavy (non-hydrogen) atoms. The van der Waals surface area contributed by atoms with E-state index in [9.17, 15) is 5.11 Å². The Labute approximate surface area is 116 Å². The minimum absolute atomic E-state index is 0.301. The minimum atomic E-state index is 0.301. The number of likely N-dealkylation sites (N-methyl/N-ethyl adjacent to an activating group) is 1. The SMILES string of the molecule is CCN(C)CCNC1CC(C)c2c(C)ccc(O)c21. The smallest absolute Gasteiger partial charge is 0.120 e. The average molecular weight is 262 g/mol. The molecular formula is C16H26N2O. The molecule has 0 spiro atoms. The third-order valence-electron chi connectivity index (χ3n) is 4.34. The second-order valence-electron chi connectivity index (χ2n) is 5.77. The molecular weight excluding hydrogens is 236 g/mol. The zero-order valence-electron chi connectivity index (χ0n) is 12.5. The molecule has 0 aromatic heterocycles. The van der Waals surface area contributed by atoms with Crippen LogP contribution in [-0.4, -0.2) is 36.7 Å². The number of nitrogens with one attached hydrogen (secondary N) is 1. The van der Waals surface area contributed by atoms with E-state index in [0.717, 1.165) is 31.6 Å². The molecule has 0 radical (unpaired) electrons. The van der Waals surface area contributed by atoms with Gasteiger partial charge in [-0.3, -0.25) is 0 Å². The Morgan fingerprint density at radius 1 is 1.37 bits per heavy atom. The van der Waals surface area contributed by atoms with Gasteiger partial charge in [0.15, 0.2) is 0 Å². The second kappa shape index (κ2) is 5.93. The van der Waals surface area contributed by atoms with E-state index < -0.39 is 0 Å². The van der Waals surface area contributed by atoms with E-state index in [-0.39, 0.29) is 0 Å². The van der Waals surface area contributed by atoms with Gasteiger partial charge in [0.25, 0.3) is 0 Å². The number of aryl methyl sites for hydroxylation is 1. The predicted octanol–water partition coefficient (Wildman–Crippen LogP) is 2.79. The summed E-state index contributed by atoms with van der Waals surface area (Å²) in [6.45, 7) is 9.65. The van der Waals surface area contributed by atoms with Crippen molar-refractivity contribution < 1.29 is 5.11 Å². The van der Waals surface area contributed by atoms with E-state index in [1.807, 2.05) is 12.1 Å². The first kappa shape index (κ1) is 14.4. The van der Waals surface area contributed by atoms with Crippen LogP contribution in [-0.2, 0) is 0 Å². The summed E-state index contributed by atoms with van der Waals surface area (Å²) in [6.07, 6.45) is 1.09. The highest BCUT2D eigenvalue weighted by molar-refractivity contribution is 5.50. The van der Waals surface area contributed by atoms with Crippen molar-refractivity contribution in [3.05, 3.63) is 28.8 Å². The van der Waals surface area contributed by atoms with Crippen LogP contribution in [0.25, 0.3) is 0 Å². The summed E-state index contributed by atoms with van der Waals surface area (Å²) in [5.74, 6) is 0.981. The second-order valence-corrected chi connectivity index (χ2v) is 5.77. The summed E-state index contributed by atoms with van der Waals surface area (Å²) in [6, 6.07) is 4.16. The summed E-state index contributed by atoms with van der Waals surface area (Å²) >= 11 is 0. The van der Waals surface area contributed by atoms with Gasteiger partial charge in [-0.1, -0.05) is 19.9 Å². The Morgan fingerprint density at radius 3 is 2.79 bits per heavy atom. The lowest BCUT2D eigenvalue weighted by molar-refractivity contribution is 0.336. The number of hydrogen-bond donors (Lipinski definition) is 2. The molecule has 2 N–H and O–H groups in total. The highest BCUT2D eigenvalue weighted by Crippen LogP contribution is 2.45. The standard InChI is InChI=1S/C16H26N2O/c1-5-18(4)9-8-17-13-10-12(3)15-11(2)6-7-14(19)16(13)15/h6-7,12-13,17,19H,5,8-10H2,1-4H3. The summed E-state index contributed by atoms with van der Waals surface area (Å²) in [7, 11) is 2.13. The van der Waals surface area contributed by atoms with Gasteiger partial charge in [-0.15, -0.1) is 0 Å².